The van der Waals surface area contributed by atoms with E-state index in [1.807, 2.05) is 19.1 Å². The summed E-state index contributed by atoms with van der Waals surface area (Å²) in [5.41, 5.74) is 2.28. The molecular formula is C18H21F3N2O3. The summed E-state index contributed by atoms with van der Waals surface area (Å²) in [7, 11) is 0. The number of anilines is 1. The third kappa shape index (κ3) is 3.42. The molecular weight excluding hydrogens is 349 g/mol. The standard InChI is InChI=1S/C18H21F3N2O3/c1-11-3-2-4-13-14(24)7-10-23(15(11)13)16(25)12-5-8-22(9-6-12)17(26)18(19,20)21/h2-4,12,14,24H,5-10H2,1H3. The fourth-order valence-corrected chi connectivity index (χ4v) is 3.79. The SMILES string of the molecule is Cc1cccc2c1N(C(=O)C1CCN(C(=O)C(F)(F)F)CC1)CCC2O. The predicted octanol–water partition coefficient (Wildman–Crippen LogP) is 2.57. The quantitative estimate of drug-likeness (QED) is 0.827. The molecule has 1 unspecified atom stereocenters. The molecule has 5 nitrogen and oxygen atoms in total. The third-order valence-corrected chi connectivity index (χ3v) is 5.16. The largest absolute Gasteiger partial charge is 0.471 e. The monoisotopic (exact) mass is 370 g/mol. The zero-order valence-electron chi connectivity index (χ0n) is 14.4. The van der Waals surface area contributed by atoms with Gasteiger partial charge in [0.1, 0.15) is 0 Å². The first-order valence-electron chi connectivity index (χ1n) is 8.65. The number of benzene rings is 1. The molecule has 2 amide bonds. The van der Waals surface area contributed by atoms with Gasteiger partial charge in [-0.05, 0) is 31.7 Å². The number of nitrogens with zero attached hydrogens (tertiary/aromatic N) is 2. The second-order valence-corrected chi connectivity index (χ2v) is 6.87. The van der Waals surface area contributed by atoms with Crippen molar-refractivity contribution in [1.82, 2.24) is 4.90 Å². The molecule has 0 bridgehead atoms. The van der Waals surface area contributed by atoms with E-state index < -0.39 is 24.1 Å². The van der Waals surface area contributed by atoms with Crippen LogP contribution < -0.4 is 4.90 Å². The van der Waals surface area contributed by atoms with E-state index in [-0.39, 0.29) is 31.8 Å². The topological polar surface area (TPSA) is 60.9 Å². The highest BCUT2D eigenvalue weighted by Gasteiger charge is 2.44. The van der Waals surface area contributed by atoms with Crippen LogP contribution in [0.25, 0.3) is 0 Å². The number of aliphatic hydroxyl groups excluding tert-OH is 1. The fourth-order valence-electron chi connectivity index (χ4n) is 3.79. The Morgan fingerprint density at radius 3 is 2.38 bits per heavy atom. The summed E-state index contributed by atoms with van der Waals surface area (Å²) < 4.78 is 37.6. The van der Waals surface area contributed by atoms with Gasteiger partial charge in [-0.25, -0.2) is 0 Å². The van der Waals surface area contributed by atoms with Gasteiger partial charge < -0.3 is 14.9 Å². The molecule has 0 aliphatic carbocycles. The van der Waals surface area contributed by atoms with Gasteiger partial charge >= 0.3 is 12.1 Å². The third-order valence-electron chi connectivity index (χ3n) is 5.16. The Hall–Kier alpha value is -2.09. The van der Waals surface area contributed by atoms with Crippen LogP contribution in [0, 0.1) is 12.8 Å². The highest BCUT2D eigenvalue weighted by molar-refractivity contribution is 5.97. The number of hydrogen-bond acceptors (Lipinski definition) is 3. The number of piperidine rings is 1. The predicted molar refractivity (Wildman–Crippen MR) is 88.5 cm³/mol. The maximum absolute atomic E-state index is 13.0. The molecule has 2 aliphatic rings. The van der Waals surface area contributed by atoms with E-state index in [0.29, 0.717) is 24.2 Å². The maximum Gasteiger partial charge on any atom is 0.471 e. The molecule has 1 atom stereocenters. The van der Waals surface area contributed by atoms with Gasteiger partial charge in [0.25, 0.3) is 0 Å². The second kappa shape index (κ2) is 6.90. The smallest absolute Gasteiger partial charge is 0.388 e. The van der Waals surface area contributed by atoms with Gasteiger partial charge in [-0.1, -0.05) is 18.2 Å². The van der Waals surface area contributed by atoms with Crippen molar-refractivity contribution >= 4 is 17.5 Å². The molecule has 2 aliphatic heterocycles. The van der Waals surface area contributed by atoms with Gasteiger partial charge in [0, 0.05) is 31.1 Å². The average molecular weight is 370 g/mol. The average Bonchev–Trinajstić information content (AvgIpc) is 2.61. The summed E-state index contributed by atoms with van der Waals surface area (Å²) in [6.07, 6.45) is -4.66. The Morgan fingerprint density at radius 1 is 1.12 bits per heavy atom. The summed E-state index contributed by atoms with van der Waals surface area (Å²) in [5.74, 6) is -2.41. The van der Waals surface area contributed by atoms with Crippen molar-refractivity contribution in [1.29, 1.82) is 0 Å². The summed E-state index contributed by atoms with van der Waals surface area (Å²) in [4.78, 5) is 26.7. The molecule has 1 N–H and O–H groups in total. The van der Waals surface area contributed by atoms with Gasteiger partial charge in [0.05, 0.1) is 11.8 Å². The van der Waals surface area contributed by atoms with Crippen LogP contribution in [-0.2, 0) is 9.59 Å². The van der Waals surface area contributed by atoms with E-state index in [4.69, 9.17) is 0 Å². The Labute approximate surface area is 149 Å². The molecule has 1 fully saturated rings. The number of aryl methyl sites for hydroxylation is 1. The molecule has 1 aromatic rings. The molecule has 142 valence electrons. The molecule has 3 rings (SSSR count). The van der Waals surface area contributed by atoms with E-state index >= 15 is 0 Å². The van der Waals surface area contributed by atoms with Crippen molar-refractivity contribution in [3.8, 4) is 0 Å². The maximum atomic E-state index is 13.0. The first-order valence-corrected chi connectivity index (χ1v) is 8.65. The summed E-state index contributed by atoms with van der Waals surface area (Å²) in [6.45, 7) is 2.08. The number of hydrogen-bond donors (Lipinski definition) is 1. The molecule has 8 heteroatoms. The van der Waals surface area contributed by atoms with Crippen LogP contribution in [0.15, 0.2) is 18.2 Å². The van der Waals surface area contributed by atoms with E-state index in [0.717, 1.165) is 10.5 Å². The number of fused-ring (bicyclic) bond motifs is 1. The Morgan fingerprint density at radius 2 is 1.77 bits per heavy atom. The van der Waals surface area contributed by atoms with Gasteiger partial charge in [-0.3, -0.25) is 9.59 Å². The lowest BCUT2D eigenvalue weighted by Gasteiger charge is -2.38. The first kappa shape index (κ1) is 18.7. The van der Waals surface area contributed by atoms with E-state index in [1.165, 1.54) is 0 Å². The number of para-hydroxylation sites is 1. The summed E-state index contributed by atoms with van der Waals surface area (Å²) in [5, 5.41) is 10.2. The van der Waals surface area contributed by atoms with Crippen molar-refractivity contribution in [3.05, 3.63) is 29.3 Å². The molecule has 1 aromatic carbocycles. The highest BCUT2D eigenvalue weighted by Crippen LogP contribution is 2.38. The molecule has 0 saturated carbocycles. The van der Waals surface area contributed by atoms with E-state index in [9.17, 15) is 27.9 Å². The summed E-state index contributed by atoms with van der Waals surface area (Å²) >= 11 is 0. The minimum Gasteiger partial charge on any atom is -0.388 e. The number of carbonyl (C=O) groups excluding carboxylic acids is 2. The minimum absolute atomic E-state index is 0.0775. The normalized spacial score (nSPS) is 21.5. The van der Waals surface area contributed by atoms with Crippen LogP contribution in [0.4, 0.5) is 18.9 Å². The molecule has 0 radical (unpaired) electrons. The molecule has 26 heavy (non-hydrogen) atoms. The van der Waals surface area contributed by atoms with E-state index in [2.05, 4.69) is 0 Å². The molecule has 2 heterocycles. The number of alkyl halides is 3. The zero-order chi connectivity index (χ0) is 19.1. The minimum atomic E-state index is -4.88. The van der Waals surface area contributed by atoms with Crippen molar-refractivity contribution in [2.75, 3.05) is 24.5 Å². The number of halogens is 3. The van der Waals surface area contributed by atoms with Crippen LogP contribution in [0.5, 0.6) is 0 Å². The first-order chi connectivity index (χ1) is 12.2. The Bertz CT molecular complexity index is 712. The number of carbonyl (C=O) groups is 2. The lowest BCUT2D eigenvalue weighted by molar-refractivity contribution is -0.186. The molecule has 0 aromatic heterocycles. The number of likely N-dealkylation sites (tertiary alicyclic amines) is 1. The summed E-state index contributed by atoms with van der Waals surface area (Å²) in [6, 6.07) is 5.48. The van der Waals surface area contributed by atoms with Crippen molar-refractivity contribution in [2.45, 2.75) is 38.5 Å². The fraction of sp³-hybridized carbons (Fsp3) is 0.556. The lowest BCUT2D eigenvalue weighted by Crippen LogP contribution is -2.49. The van der Waals surface area contributed by atoms with Crippen LogP contribution >= 0.6 is 0 Å². The second-order valence-electron chi connectivity index (χ2n) is 6.87. The van der Waals surface area contributed by atoms with E-state index in [1.54, 1.807) is 11.0 Å². The van der Waals surface area contributed by atoms with Crippen LogP contribution in [0.2, 0.25) is 0 Å². The number of amides is 2. The van der Waals surface area contributed by atoms with Crippen molar-refractivity contribution in [2.24, 2.45) is 5.92 Å². The van der Waals surface area contributed by atoms with Crippen LogP contribution in [0.3, 0.4) is 0 Å². The zero-order valence-corrected chi connectivity index (χ0v) is 14.4. The van der Waals surface area contributed by atoms with Gasteiger partial charge in [-0.15, -0.1) is 0 Å². The Kier molecular flexibility index (Phi) is 4.96. The van der Waals surface area contributed by atoms with Gasteiger partial charge in [-0.2, -0.15) is 13.2 Å². The highest BCUT2D eigenvalue weighted by atomic mass is 19.4. The number of aliphatic hydroxyl groups is 1. The molecule has 1 saturated heterocycles. The lowest BCUT2D eigenvalue weighted by atomic mass is 9.91. The molecule has 0 spiro atoms. The van der Waals surface area contributed by atoms with Crippen LogP contribution in [-0.4, -0.2) is 47.6 Å². The van der Waals surface area contributed by atoms with Crippen molar-refractivity contribution in [3.63, 3.8) is 0 Å². The Balaban J connectivity index is 1.73. The van der Waals surface area contributed by atoms with Crippen molar-refractivity contribution < 1.29 is 27.9 Å². The van der Waals surface area contributed by atoms with Gasteiger partial charge in [0.15, 0.2) is 0 Å². The van der Waals surface area contributed by atoms with Crippen LogP contribution in [0.1, 0.15) is 36.5 Å². The van der Waals surface area contributed by atoms with Gasteiger partial charge in [0.2, 0.25) is 5.91 Å². The number of rotatable bonds is 1.